The fourth-order valence-corrected chi connectivity index (χ4v) is 3.25. The molecule has 0 saturated heterocycles. The summed E-state index contributed by atoms with van der Waals surface area (Å²) in [4.78, 5) is 15.0. The number of aromatic nitrogens is 1. The predicted molar refractivity (Wildman–Crippen MR) is 113 cm³/mol. The van der Waals surface area contributed by atoms with Crippen molar-refractivity contribution in [2.24, 2.45) is 10.2 Å². The summed E-state index contributed by atoms with van der Waals surface area (Å²) in [7, 11) is 0. The van der Waals surface area contributed by atoms with Crippen molar-refractivity contribution in [3.05, 3.63) is 52.0 Å². The van der Waals surface area contributed by atoms with Gasteiger partial charge in [0.25, 0.3) is 0 Å². The van der Waals surface area contributed by atoms with Gasteiger partial charge in [-0.25, -0.2) is 0 Å². The molecule has 6 nitrogen and oxygen atoms in total. The van der Waals surface area contributed by atoms with Gasteiger partial charge >= 0.3 is 5.91 Å². The number of hydrogen-bond donors (Lipinski definition) is 2. The van der Waals surface area contributed by atoms with Gasteiger partial charge in [0, 0.05) is 9.86 Å². The first kappa shape index (κ1) is 20.1. The van der Waals surface area contributed by atoms with E-state index >= 15 is 0 Å². The Morgan fingerprint density at radius 1 is 1.32 bits per heavy atom. The number of aryl methyl sites for hydroxylation is 1. The van der Waals surface area contributed by atoms with E-state index in [0.29, 0.717) is 22.6 Å². The molecule has 0 aliphatic carbocycles. The number of hydrogen-bond acceptors (Lipinski definition) is 4. The number of carbonyl (C=O) groups excluding carboxylic acids is 1. The van der Waals surface area contributed by atoms with Crippen LogP contribution in [0.25, 0.3) is 10.9 Å². The van der Waals surface area contributed by atoms with E-state index in [1.165, 1.54) is 0 Å². The highest BCUT2D eigenvalue weighted by molar-refractivity contribution is 9.10. The van der Waals surface area contributed by atoms with Crippen molar-refractivity contribution in [2.45, 2.75) is 33.1 Å². The number of rotatable bonds is 6. The van der Waals surface area contributed by atoms with Crippen LogP contribution in [0.1, 0.15) is 37.3 Å². The van der Waals surface area contributed by atoms with Crippen molar-refractivity contribution in [2.75, 3.05) is 6.61 Å². The second-order valence-electron chi connectivity index (χ2n) is 6.70. The first-order valence-electron chi connectivity index (χ1n) is 9.07. The van der Waals surface area contributed by atoms with Gasteiger partial charge in [-0.05, 0) is 48.6 Å². The van der Waals surface area contributed by atoms with Gasteiger partial charge in [0.05, 0.1) is 5.52 Å². The van der Waals surface area contributed by atoms with E-state index in [1.54, 1.807) is 0 Å². The molecule has 0 saturated carbocycles. The van der Waals surface area contributed by atoms with Crippen LogP contribution in [0.2, 0.25) is 0 Å². The lowest BCUT2D eigenvalue weighted by molar-refractivity contribution is -0.120. The van der Waals surface area contributed by atoms with Crippen LogP contribution in [-0.4, -0.2) is 22.6 Å². The van der Waals surface area contributed by atoms with Gasteiger partial charge in [-0.2, -0.15) is 0 Å². The zero-order valence-corrected chi connectivity index (χ0v) is 17.6. The number of halogens is 1. The molecule has 0 spiro atoms. The Morgan fingerprint density at radius 2 is 2.07 bits per heavy atom. The minimum absolute atomic E-state index is 0.132. The topological polar surface area (TPSA) is 87.0 Å². The van der Waals surface area contributed by atoms with E-state index in [0.717, 1.165) is 22.0 Å². The van der Waals surface area contributed by atoms with Crippen LogP contribution in [0, 0.1) is 6.92 Å². The summed E-state index contributed by atoms with van der Waals surface area (Å²) in [5, 5.41) is 18.4. The fraction of sp³-hybridized carbons (Fsp3) is 0.286. The van der Waals surface area contributed by atoms with E-state index in [9.17, 15) is 9.90 Å². The molecule has 0 radical (unpaired) electrons. The van der Waals surface area contributed by atoms with Crippen molar-refractivity contribution >= 4 is 38.4 Å². The van der Waals surface area contributed by atoms with Crippen LogP contribution in [0.5, 0.6) is 11.6 Å². The summed E-state index contributed by atoms with van der Waals surface area (Å²) < 4.78 is 6.58. The number of benzene rings is 2. The molecule has 1 atom stereocenters. The van der Waals surface area contributed by atoms with Crippen molar-refractivity contribution < 1.29 is 14.6 Å². The minimum Gasteiger partial charge on any atom is -0.493 e. The Labute approximate surface area is 171 Å². The molecule has 0 fully saturated rings. The summed E-state index contributed by atoms with van der Waals surface area (Å²) >= 11 is 3.45. The number of H-pyrrole nitrogens is 1. The summed E-state index contributed by atoms with van der Waals surface area (Å²) in [6.07, 6.45) is 0.976. The third-order valence-corrected chi connectivity index (χ3v) is 5.56. The van der Waals surface area contributed by atoms with Crippen LogP contribution < -0.4 is 4.74 Å². The number of aromatic amines is 1. The molecule has 3 aromatic rings. The quantitative estimate of drug-likeness (QED) is 0.447. The van der Waals surface area contributed by atoms with Gasteiger partial charge in [0.15, 0.2) is 12.3 Å². The summed E-state index contributed by atoms with van der Waals surface area (Å²) in [5.74, 6) is 0.350. The molecule has 7 heteroatoms. The van der Waals surface area contributed by atoms with Crippen molar-refractivity contribution in [1.29, 1.82) is 0 Å². The van der Waals surface area contributed by atoms with Crippen molar-refractivity contribution in [1.82, 2.24) is 4.98 Å². The number of amides is 1. The van der Waals surface area contributed by atoms with Gasteiger partial charge in [-0.3, -0.25) is 4.79 Å². The number of nitrogens with one attached hydrogen (secondary N) is 1. The lowest BCUT2D eigenvalue weighted by atomic mass is 9.98. The lowest BCUT2D eigenvalue weighted by Crippen LogP contribution is -2.09. The molecular weight excluding hydrogens is 422 g/mol. The highest BCUT2D eigenvalue weighted by Gasteiger charge is 2.14. The van der Waals surface area contributed by atoms with Gasteiger partial charge in [-0.15, -0.1) is 10.2 Å². The molecule has 1 aromatic heterocycles. The highest BCUT2D eigenvalue weighted by atomic mass is 79.9. The fourth-order valence-electron chi connectivity index (χ4n) is 2.91. The molecule has 0 aliphatic heterocycles. The Bertz CT molecular complexity index is 1040. The summed E-state index contributed by atoms with van der Waals surface area (Å²) in [5.41, 5.74) is 2.98. The molecule has 1 amide bonds. The van der Waals surface area contributed by atoms with Gasteiger partial charge in [-0.1, -0.05) is 48.0 Å². The zero-order chi connectivity index (χ0) is 20.3. The molecule has 1 unspecified atom stereocenters. The van der Waals surface area contributed by atoms with Crippen LogP contribution in [0.4, 0.5) is 5.69 Å². The molecule has 0 bridgehead atoms. The third-order valence-electron chi connectivity index (χ3n) is 4.71. The SMILES string of the molecule is CCC(C)c1ccccc1OCC(=O)N=Nc1c(O)[nH]c2cc(Br)c(C)cc12. The van der Waals surface area contributed by atoms with Gasteiger partial charge in [0.1, 0.15) is 5.75 Å². The Hall–Kier alpha value is -2.67. The molecule has 1 heterocycles. The molecule has 2 N–H and O–H groups in total. The van der Waals surface area contributed by atoms with Crippen LogP contribution >= 0.6 is 15.9 Å². The molecule has 28 heavy (non-hydrogen) atoms. The maximum Gasteiger partial charge on any atom is 0.302 e. The maximum absolute atomic E-state index is 12.1. The summed E-state index contributed by atoms with van der Waals surface area (Å²) in [6, 6.07) is 11.4. The molecule has 0 aliphatic rings. The van der Waals surface area contributed by atoms with E-state index in [1.807, 2.05) is 43.3 Å². The Morgan fingerprint density at radius 3 is 2.82 bits per heavy atom. The zero-order valence-electron chi connectivity index (χ0n) is 16.0. The monoisotopic (exact) mass is 443 g/mol. The molecule has 2 aromatic carbocycles. The average Bonchev–Trinajstić information content (AvgIpc) is 2.98. The van der Waals surface area contributed by atoms with Gasteiger partial charge < -0.3 is 14.8 Å². The second-order valence-corrected chi connectivity index (χ2v) is 7.55. The first-order chi connectivity index (χ1) is 13.4. The number of azo groups is 1. The number of aromatic hydroxyl groups is 1. The first-order valence-corrected chi connectivity index (χ1v) is 9.87. The van der Waals surface area contributed by atoms with Gasteiger partial charge in [0.2, 0.25) is 5.88 Å². The standard InChI is InChI=1S/C21H22BrN3O3/c1-4-12(2)14-7-5-6-8-18(14)28-11-19(26)24-25-20-15-9-13(3)16(22)10-17(15)23-21(20)27/h5-10,12,23,27H,4,11H2,1-3H3. The third kappa shape index (κ3) is 4.25. The smallest absolute Gasteiger partial charge is 0.302 e. The van der Waals surface area contributed by atoms with Crippen LogP contribution in [0.3, 0.4) is 0 Å². The molecule has 3 rings (SSSR count). The minimum atomic E-state index is -0.526. The number of para-hydroxylation sites is 1. The van der Waals surface area contributed by atoms with Crippen molar-refractivity contribution in [3.8, 4) is 11.6 Å². The average molecular weight is 444 g/mol. The van der Waals surface area contributed by atoms with E-state index in [4.69, 9.17) is 4.74 Å². The van der Waals surface area contributed by atoms with E-state index in [-0.39, 0.29) is 18.2 Å². The van der Waals surface area contributed by atoms with E-state index < -0.39 is 5.91 Å². The van der Waals surface area contributed by atoms with Crippen LogP contribution in [0.15, 0.2) is 51.1 Å². The number of fused-ring (bicyclic) bond motifs is 1. The second kappa shape index (κ2) is 8.56. The van der Waals surface area contributed by atoms with Crippen LogP contribution in [-0.2, 0) is 4.79 Å². The summed E-state index contributed by atoms with van der Waals surface area (Å²) in [6.45, 7) is 5.94. The Kier molecular flexibility index (Phi) is 6.14. The van der Waals surface area contributed by atoms with Crippen molar-refractivity contribution in [3.63, 3.8) is 0 Å². The number of carbonyl (C=O) groups is 1. The highest BCUT2D eigenvalue weighted by Crippen LogP contribution is 2.37. The number of ether oxygens (including phenoxy) is 1. The largest absolute Gasteiger partial charge is 0.493 e. The molecular formula is C21H22BrN3O3. The lowest BCUT2D eigenvalue weighted by Gasteiger charge is -2.14. The Balaban J connectivity index is 1.74. The predicted octanol–water partition coefficient (Wildman–Crippen LogP) is 6.15. The normalized spacial score (nSPS) is 12.6. The number of nitrogens with zero attached hydrogens (tertiary/aromatic N) is 2. The molecule has 146 valence electrons. The maximum atomic E-state index is 12.1. The van der Waals surface area contributed by atoms with E-state index in [2.05, 4.69) is 45.0 Å².